The molecule has 138 valence electrons. The Morgan fingerprint density at radius 3 is 2.58 bits per heavy atom. The van der Waals surface area contributed by atoms with Gasteiger partial charge >= 0.3 is 0 Å². The molecule has 4 N–H and O–H groups in total. The SMILES string of the molecule is CNC(=O)[C@H](CNC(=O)C[C@H](N)Cc1ccccc1F)c1ccccn1. The maximum absolute atomic E-state index is 13.6. The molecule has 0 bridgehead atoms. The fraction of sp³-hybridized carbons (Fsp3) is 0.316. The summed E-state index contributed by atoms with van der Waals surface area (Å²) < 4.78 is 13.6. The van der Waals surface area contributed by atoms with Crippen molar-refractivity contribution >= 4 is 11.8 Å². The minimum absolute atomic E-state index is 0.0387. The van der Waals surface area contributed by atoms with Crippen LogP contribution in [0.5, 0.6) is 0 Å². The van der Waals surface area contributed by atoms with Gasteiger partial charge in [0.05, 0.1) is 11.6 Å². The summed E-state index contributed by atoms with van der Waals surface area (Å²) in [6, 6.07) is 11.1. The molecule has 26 heavy (non-hydrogen) atoms. The minimum atomic E-state index is -0.590. The fourth-order valence-corrected chi connectivity index (χ4v) is 2.63. The second kappa shape index (κ2) is 9.62. The van der Waals surface area contributed by atoms with Gasteiger partial charge in [0, 0.05) is 32.3 Å². The third kappa shape index (κ3) is 5.63. The number of aromatic nitrogens is 1. The summed E-state index contributed by atoms with van der Waals surface area (Å²) >= 11 is 0. The number of halogens is 1. The number of nitrogens with zero attached hydrogens (tertiary/aromatic N) is 1. The fourth-order valence-electron chi connectivity index (χ4n) is 2.63. The zero-order valence-electron chi connectivity index (χ0n) is 14.6. The van der Waals surface area contributed by atoms with Crippen molar-refractivity contribution in [1.82, 2.24) is 15.6 Å². The molecular weight excluding hydrogens is 335 g/mol. The zero-order valence-corrected chi connectivity index (χ0v) is 14.6. The van der Waals surface area contributed by atoms with E-state index in [1.54, 1.807) is 42.6 Å². The Kier molecular flexibility index (Phi) is 7.23. The number of likely N-dealkylation sites (N-methyl/N-ethyl adjacent to an activating group) is 1. The van der Waals surface area contributed by atoms with Crippen LogP contribution in [0.15, 0.2) is 48.7 Å². The van der Waals surface area contributed by atoms with Crippen molar-refractivity contribution in [2.75, 3.05) is 13.6 Å². The normalized spacial score (nSPS) is 12.9. The topological polar surface area (TPSA) is 97.1 Å². The second-order valence-corrected chi connectivity index (χ2v) is 5.99. The summed E-state index contributed by atoms with van der Waals surface area (Å²) in [5.74, 6) is -1.45. The van der Waals surface area contributed by atoms with Crippen LogP contribution in [0, 0.1) is 5.82 Å². The van der Waals surface area contributed by atoms with E-state index < -0.39 is 12.0 Å². The van der Waals surface area contributed by atoms with Gasteiger partial charge in [-0.1, -0.05) is 24.3 Å². The first-order chi connectivity index (χ1) is 12.5. The lowest BCUT2D eigenvalue weighted by Crippen LogP contribution is -2.39. The molecular formula is C19H23FN4O2. The van der Waals surface area contributed by atoms with Crippen molar-refractivity contribution in [3.63, 3.8) is 0 Å². The third-order valence-corrected chi connectivity index (χ3v) is 4.00. The molecule has 2 atom stereocenters. The highest BCUT2D eigenvalue weighted by molar-refractivity contribution is 5.84. The minimum Gasteiger partial charge on any atom is -0.359 e. The smallest absolute Gasteiger partial charge is 0.230 e. The van der Waals surface area contributed by atoms with E-state index in [1.807, 2.05) is 0 Å². The highest BCUT2D eigenvalue weighted by Crippen LogP contribution is 2.13. The Labute approximate surface area is 152 Å². The first kappa shape index (κ1) is 19.5. The molecule has 7 heteroatoms. The highest BCUT2D eigenvalue weighted by atomic mass is 19.1. The molecule has 1 heterocycles. The zero-order chi connectivity index (χ0) is 18.9. The van der Waals surface area contributed by atoms with Crippen LogP contribution >= 0.6 is 0 Å². The van der Waals surface area contributed by atoms with Crippen LogP contribution in [0.25, 0.3) is 0 Å². The van der Waals surface area contributed by atoms with Crippen LogP contribution in [0.3, 0.4) is 0 Å². The molecule has 0 unspecified atom stereocenters. The van der Waals surface area contributed by atoms with Gasteiger partial charge in [0.15, 0.2) is 0 Å². The summed E-state index contributed by atoms with van der Waals surface area (Å²) in [6.07, 6.45) is 1.90. The van der Waals surface area contributed by atoms with Crippen LogP contribution < -0.4 is 16.4 Å². The van der Waals surface area contributed by atoms with Gasteiger partial charge in [-0.2, -0.15) is 0 Å². The molecule has 2 aromatic rings. The highest BCUT2D eigenvalue weighted by Gasteiger charge is 2.22. The van der Waals surface area contributed by atoms with Crippen molar-refractivity contribution < 1.29 is 14.0 Å². The van der Waals surface area contributed by atoms with Crippen LogP contribution in [-0.4, -0.2) is 36.4 Å². The van der Waals surface area contributed by atoms with Crippen molar-refractivity contribution in [3.8, 4) is 0 Å². The largest absolute Gasteiger partial charge is 0.359 e. The molecule has 0 radical (unpaired) electrons. The number of nitrogens with two attached hydrogens (primary N) is 1. The Hall–Kier alpha value is -2.80. The predicted molar refractivity (Wildman–Crippen MR) is 96.8 cm³/mol. The summed E-state index contributed by atoms with van der Waals surface area (Å²) in [5, 5.41) is 5.28. The summed E-state index contributed by atoms with van der Waals surface area (Å²) in [6.45, 7) is 0.113. The van der Waals surface area contributed by atoms with E-state index >= 15 is 0 Å². The monoisotopic (exact) mass is 358 g/mol. The maximum Gasteiger partial charge on any atom is 0.230 e. The van der Waals surface area contributed by atoms with Gasteiger partial charge in [-0.15, -0.1) is 0 Å². The Balaban J connectivity index is 1.89. The van der Waals surface area contributed by atoms with Gasteiger partial charge in [-0.25, -0.2) is 4.39 Å². The maximum atomic E-state index is 13.6. The molecule has 0 aliphatic heterocycles. The molecule has 0 saturated carbocycles. The molecule has 0 fully saturated rings. The van der Waals surface area contributed by atoms with Crippen molar-refractivity contribution in [2.45, 2.75) is 24.8 Å². The Morgan fingerprint density at radius 2 is 1.92 bits per heavy atom. The quantitative estimate of drug-likeness (QED) is 0.659. The number of amides is 2. The van der Waals surface area contributed by atoms with Gasteiger partial charge in [0.2, 0.25) is 11.8 Å². The molecule has 2 rings (SSSR count). The number of rotatable bonds is 8. The van der Waals surface area contributed by atoms with E-state index in [0.29, 0.717) is 11.3 Å². The molecule has 0 aliphatic rings. The molecule has 0 spiro atoms. The van der Waals surface area contributed by atoms with Crippen molar-refractivity contribution in [2.24, 2.45) is 5.73 Å². The first-order valence-corrected chi connectivity index (χ1v) is 8.39. The van der Waals surface area contributed by atoms with E-state index in [0.717, 1.165) is 0 Å². The average molecular weight is 358 g/mol. The number of benzene rings is 1. The van der Waals surface area contributed by atoms with Crippen LogP contribution in [0.4, 0.5) is 4.39 Å². The number of nitrogens with one attached hydrogen (secondary N) is 2. The summed E-state index contributed by atoms with van der Waals surface area (Å²) in [7, 11) is 1.53. The van der Waals surface area contributed by atoms with Crippen LogP contribution in [-0.2, 0) is 16.0 Å². The molecule has 0 aliphatic carbocycles. The van der Waals surface area contributed by atoms with Gasteiger partial charge in [0.25, 0.3) is 0 Å². The average Bonchev–Trinajstić information content (AvgIpc) is 2.64. The predicted octanol–water partition coefficient (Wildman–Crippen LogP) is 1.13. The van der Waals surface area contributed by atoms with Crippen molar-refractivity contribution in [1.29, 1.82) is 0 Å². The second-order valence-electron chi connectivity index (χ2n) is 5.99. The van der Waals surface area contributed by atoms with Crippen LogP contribution in [0.2, 0.25) is 0 Å². The number of hydrogen-bond acceptors (Lipinski definition) is 4. The standard InChI is InChI=1S/C19H23FN4O2/c1-22-19(26)15(17-8-4-5-9-23-17)12-24-18(25)11-14(21)10-13-6-2-3-7-16(13)20/h2-9,14-15H,10-12,21H2,1H3,(H,22,26)(H,24,25)/t14-,15-/m1/s1. The lowest BCUT2D eigenvalue weighted by molar-refractivity contribution is -0.123. The van der Waals surface area contributed by atoms with Crippen molar-refractivity contribution in [3.05, 3.63) is 65.7 Å². The van der Waals surface area contributed by atoms with Gasteiger partial charge < -0.3 is 16.4 Å². The number of carbonyl (C=O) groups is 2. The number of carbonyl (C=O) groups excluding carboxylic acids is 2. The van der Waals surface area contributed by atoms with E-state index in [-0.39, 0.29) is 37.0 Å². The van der Waals surface area contributed by atoms with E-state index in [9.17, 15) is 14.0 Å². The molecule has 2 amide bonds. The van der Waals surface area contributed by atoms with E-state index in [4.69, 9.17) is 5.73 Å². The summed E-state index contributed by atoms with van der Waals surface area (Å²) in [4.78, 5) is 28.4. The molecule has 6 nitrogen and oxygen atoms in total. The first-order valence-electron chi connectivity index (χ1n) is 8.39. The number of pyridine rings is 1. The van der Waals surface area contributed by atoms with Crippen LogP contribution in [0.1, 0.15) is 23.6 Å². The molecule has 1 aromatic heterocycles. The Bertz CT molecular complexity index is 739. The van der Waals surface area contributed by atoms with Gasteiger partial charge in [0.1, 0.15) is 5.82 Å². The van der Waals surface area contributed by atoms with Gasteiger partial charge in [-0.3, -0.25) is 14.6 Å². The molecule has 1 aromatic carbocycles. The van der Waals surface area contributed by atoms with Gasteiger partial charge in [-0.05, 0) is 30.2 Å². The lowest BCUT2D eigenvalue weighted by Gasteiger charge is -2.17. The van der Waals surface area contributed by atoms with E-state index in [1.165, 1.54) is 13.1 Å². The third-order valence-electron chi connectivity index (χ3n) is 4.00. The number of hydrogen-bond donors (Lipinski definition) is 3. The Morgan fingerprint density at radius 1 is 1.19 bits per heavy atom. The summed E-state index contributed by atoms with van der Waals surface area (Å²) in [5.41, 5.74) is 7.01. The van der Waals surface area contributed by atoms with E-state index in [2.05, 4.69) is 15.6 Å². The lowest BCUT2D eigenvalue weighted by atomic mass is 10.0. The molecule has 0 saturated heterocycles.